The molecule has 1 aliphatic rings. The first kappa shape index (κ1) is 22.5. The van der Waals surface area contributed by atoms with Gasteiger partial charge in [0.1, 0.15) is 17.7 Å². The number of nitrogens with one attached hydrogen (secondary N) is 1. The van der Waals surface area contributed by atoms with Crippen LogP contribution in [-0.4, -0.2) is 40.3 Å². The summed E-state index contributed by atoms with van der Waals surface area (Å²) < 4.78 is 5.69. The number of aliphatic hydroxyl groups is 2. The van der Waals surface area contributed by atoms with Crippen LogP contribution in [0, 0.1) is 12.8 Å². The fourth-order valence-electron chi connectivity index (χ4n) is 3.80. The molecule has 1 aliphatic heterocycles. The van der Waals surface area contributed by atoms with Crippen LogP contribution in [-0.2, 0) is 6.42 Å². The summed E-state index contributed by atoms with van der Waals surface area (Å²) >= 11 is 0. The van der Waals surface area contributed by atoms with Crippen molar-refractivity contribution in [1.29, 1.82) is 0 Å². The maximum absolute atomic E-state index is 11.3. The van der Waals surface area contributed by atoms with E-state index in [1.807, 2.05) is 19.1 Å². The van der Waals surface area contributed by atoms with Crippen LogP contribution in [0.5, 0.6) is 11.5 Å². The number of aryl methyl sites for hydroxylation is 1. The van der Waals surface area contributed by atoms with Crippen molar-refractivity contribution < 1.29 is 20.1 Å². The third-order valence-electron chi connectivity index (χ3n) is 5.38. The predicted molar refractivity (Wildman–Crippen MR) is 112 cm³/mol. The summed E-state index contributed by atoms with van der Waals surface area (Å²) in [6.07, 6.45) is 1.81. The molecule has 3 rings (SSSR count). The normalized spacial score (nSPS) is 24.4. The van der Waals surface area contributed by atoms with Crippen molar-refractivity contribution in [1.82, 2.24) is 5.32 Å². The Morgan fingerprint density at radius 3 is 2.46 bits per heavy atom. The molecule has 0 radical (unpaired) electrons. The molecule has 0 bridgehead atoms. The second-order valence-electron chi connectivity index (χ2n) is 7.51. The Balaban J connectivity index is 0.00000280. The summed E-state index contributed by atoms with van der Waals surface area (Å²) in [6.45, 7) is 3.14. The van der Waals surface area contributed by atoms with Gasteiger partial charge in [0.05, 0.1) is 12.2 Å². The van der Waals surface area contributed by atoms with Gasteiger partial charge in [-0.05, 0) is 56.0 Å². The van der Waals surface area contributed by atoms with Gasteiger partial charge < -0.3 is 20.1 Å². The van der Waals surface area contributed by atoms with Gasteiger partial charge in [-0.15, -0.1) is 12.4 Å². The minimum atomic E-state index is -0.932. The number of rotatable bonds is 7. The summed E-state index contributed by atoms with van der Waals surface area (Å²) in [4.78, 5) is 0. The lowest BCUT2D eigenvalue weighted by atomic mass is 9.74. The van der Waals surface area contributed by atoms with Crippen LogP contribution < -0.4 is 10.1 Å². The van der Waals surface area contributed by atoms with E-state index in [0.29, 0.717) is 38.2 Å². The molecule has 3 unspecified atom stereocenters. The highest BCUT2D eigenvalue weighted by atomic mass is 35.5. The summed E-state index contributed by atoms with van der Waals surface area (Å²) in [7, 11) is 0. The van der Waals surface area contributed by atoms with Crippen molar-refractivity contribution in [2.75, 3.05) is 13.2 Å². The minimum absolute atomic E-state index is 0. The van der Waals surface area contributed by atoms with Gasteiger partial charge >= 0.3 is 0 Å². The van der Waals surface area contributed by atoms with E-state index in [-0.39, 0.29) is 24.1 Å². The molecular formula is C22H30ClNO4. The Morgan fingerprint density at radius 1 is 1.11 bits per heavy atom. The second kappa shape index (κ2) is 10.1. The number of ether oxygens (including phenoxy) is 1. The molecule has 0 saturated carbocycles. The Labute approximate surface area is 172 Å². The Kier molecular flexibility index (Phi) is 8.13. The SMILES string of the molecule is Cc1ccc(CC2(O)CCNC(O)C2CCCOc2ccc(O)cc2)cc1.Cl. The Hall–Kier alpha value is -1.79. The molecule has 1 fully saturated rings. The zero-order valence-corrected chi connectivity index (χ0v) is 17.0. The van der Waals surface area contributed by atoms with E-state index in [0.717, 1.165) is 12.0 Å². The molecule has 1 saturated heterocycles. The van der Waals surface area contributed by atoms with E-state index in [1.54, 1.807) is 24.3 Å². The van der Waals surface area contributed by atoms with E-state index < -0.39 is 11.8 Å². The topological polar surface area (TPSA) is 82.0 Å². The number of hydrogen-bond donors (Lipinski definition) is 4. The van der Waals surface area contributed by atoms with Gasteiger partial charge in [-0.2, -0.15) is 0 Å². The number of aliphatic hydroxyl groups excluding tert-OH is 1. The second-order valence-corrected chi connectivity index (χ2v) is 7.51. The van der Waals surface area contributed by atoms with Gasteiger partial charge in [0.15, 0.2) is 0 Å². The highest BCUT2D eigenvalue weighted by Crippen LogP contribution is 2.34. The standard InChI is InChI=1S/C22H29NO4.ClH/c1-16-4-6-17(7-5-16)15-22(26)12-13-23-21(25)20(22)3-2-14-27-19-10-8-18(24)9-11-19;/h4-11,20-21,23-26H,2-3,12-15H2,1H3;1H. The van der Waals surface area contributed by atoms with E-state index >= 15 is 0 Å². The van der Waals surface area contributed by atoms with E-state index in [1.165, 1.54) is 5.56 Å². The van der Waals surface area contributed by atoms with Gasteiger partial charge in [0.2, 0.25) is 0 Å². The summed E-state index contributed by atoms with van der Waals surface area (Å²) in [6, 6.07) is 14.8. The molecule has 2 aromatic rings. The highest BCUT2D eigenvalue weighted by Gasteiger charge is 2.43. The number of hydrogen-bond acceptors (Lipinski definition) is 5. The average Bonchev–Trinajstić information content (AvgIpc) is 2.64. The van der Waals surface area contributed by atoms with Gasteiger partial charge in [0, 0.05) is 18.9 Å². The van der Waals surface area contributed by atoms with Crippen LogP contribution >= 0.6 is 12.4 Å². The van der Waals surface area contributed by atoms with Crippen molar-refractivity contribution in [3.05, 3.63) is 59.7 Å². The largest absolute Gasteiger partial charge is 0.508 e. The number of phenolic OH excluding ortho intramolecular Hbond substituents is 1. The van der Waals surface area contributed by atoms with Crippen LogP contribution in [0.1, 0.15) is 30.4 Å². The van der Waals surface area contributed by atoms with Gasteiger partial charge in [0.25, 0.3) is 0 Å². The lowest BCUT2D eigenvalue weighted by Gasteiger charge is -2.43. The first-order chi connectivity index (χ1) is 13.0. The van der Waals surface area contributed by atoms with Crippen molar-refractivity contribution in [2.24, 2.45) is 5.92 Å². The monoisotopic (exact) mass is 407 g/mol. The van der Waals surface area contributed by atoms with Gasteiger partial charge in [-0.25, -0.2) is 0 Å². The quantitative estimate of drug-likeness (QED) is 0.530. The van der Waals surface area contributed by atoms with Crippen molar-refractivity contribution >= 4 is 12.4 Å². The minimum Gasteiger partial charge on any atom is -0.508 e. The average molecular weight is 408 g/mol. The zero-order chi connectivity index (χ0) is 19.3. The molecule has 5 nitrogen and oxygen atoms in total. The molecule has 0 amide bonds. The van der Waals surface area contributed by atoms with Crippen LogP contribution in [0.3, 0.4) is 0 Å². The number of halogens is 1. The molecule has 3 atom stereocenters. The maximum atomic E-state index is 11.3. The fraction of sp³-hybridized carbons (Fsp3) is 0.455. The first-order valence-electron chi connectivity index (χ1n) is 9.57. The highest BCUT2D eigenvalue weighted by molar-refractivity contribution is 5.85. The van der Waals surface area contributed by atoms with E-state index in [2.05, 4.69) is 17.4 Å². The van der Waals surface area contributed by atoms with Crippen LogP contribution in [0.4, 0.5) is 0 Å². The van der Waals surface area contributed by atoms with Crippen molar-refractivity contribution in [3.8, 4) is 11.5 Å². The zero-order valence-electron chi connectivity index (χ0n) is 16.2. The molecule has 2 aromatic carbocycles. The molecule has 28 heavy (non-hydrogen) atoms. The smallest absolute Gasteiger partial charge is 0.119 e. The lowest BCUT2D eigenvalue weighted by molar-refractivity contribution is -0.113. The molecule has 4 N–H and O–H groups in total. The van der Waals surface area contributed by atoms with Crippen LogP contribution in [0.25, 0.3) is 0 Å². The van der Waals surface area contributed by atoms with E-state index in [4.69, 9.17) is 4.74 Å². The molecule has 0 aromatic heterocycles. The van der Waals surface area contributed by atoms with Gasteiger partial charge in [-0.1, -0.05) is 29.8 Å². The van der Waals surface area contributed by atoms with Crippen LogP contribution in [0.2, 0.25) is 0 Å². The molecule has 6 heteroatoms. The number of phenols is 1. The van der Waals surface area contributed by atoms with Crippen LogP contribution in [0.15, 0.2) is 48.5 Å². The Bertz CT molecular complexity index is 722. The van der Waals surface area contributed by atoms with Crippen molar-refractivity contribution in [2.45, 2.75) is 44.4 Å². The molecule has 154 valence electrons. The van der Waals surface area contributed by atoms with Crippen molar-refractivity contribution in [3.63, 3.8) is 0 Å². The molecular weight excluding hydrogens is 378 g/mol. The fourth-order valence-corrected chi connectivity index (χ4v) is 3.80. The first-order valence-corrected chi connectivity index (χ1v) is 9.57. The number of aromatic hydroxyl groups is 1. The Morgan fingerprint density at radius 2 is 1.79 bits per heavy atom. The number of benzene rings is 2. The third kappa shape index (κ3) is 5.85. The lowest BCUT2D eigenvalue weighted by Crippen LogP contribution is -2.57. The summed E-state index contributed by atoms with van der Waals surface area (Å²) in [5.74, 6) is 0.654. The summed E-state index contributed by atoms with van der Waals surface area (Å²) in [5.41, 5.74) is 1.35. The molecule has 0 spiro atoms. The van der Waals surface area contributed by atoms with E-state index in [9.17, 15) is 15.3 Å². The molecule has 1 heterocycles. The van der Waals surface area contributed by atoms with Gasteiger partial charge in [-0.3, -0.25) is 5.32 Å². The molecule has 0 aliphatic carbocycles. The summed E-state index contributed by atoms with van der Waals surface area (Å²) in [5, 5.41) is 34.1. The predicted octanol–water partition coefficient (Wildman–Crippen LogP) is 3.18. The third-order valence-corrected chi connectivity index (χ3v) is 5.38. The maximum Gasteiger partial charge on any atom is 0.119 e. The number of piperidine rings is 1.